The second-order valence-electron chi connectivity index (χ2n) is 18.3. The Bertz CT molecular complexity index is 2120. The number of hydrogen-bond acceptors (Lipinski definition) is 11. The lowest BCUT2D eigenvalue weighted by Crippen LogP contribution is -2.77. The molecule has 6 N–H and O–H groups in total. The summed E-state index contributed by atoms with van der Waals surface area (Å²) in [5.74, 6) is -0.687. The zero-order valence-corrected chi connectivity index (χ0v) is 36.0. The number of methoxy groups -OCH3 is 2. The van der Waals surface area contributed by atoms with Crippen LogP contribution in [0.3, 0.4) is 0 Å². The molecule has 5 aliphatic rings. The van der Waals surface area contributed by atoms with E-state index in [0.29, 0.717) is 75.8 Å². The SMILES string of the molecule is CCC1(O)C[C@H]2C[N@](CCc3c([nH]c4ccccc34)[C@@](C(=O)OC)(c3cc4c(cc3OC)N(C)C3CC5N(CC=C[C@@]5(CC)[C@@H](O)[C@]3(O)C(=O)NCCCO)CCC4)C2)C1. The van der Waals surface area contributed by atoms with Crippen molar-refractivity contribution in [2.75, 3.05) is 72.0 Å². The van der Waals surface area contributed by atoms with Crippen molar-refractivity contribution >= 4 is 28.5 Å². The van der Waals surface area contributed by atoms with Gasteiger partial charge in [-0.1, -0.05) is 44.2 Å². The number of likely N-dealkylation sites (N-methyl/N-ethyl adjacent to an activating group) is 1. The summed E-state index contributed by atoms with van der Waals surface area (Å²) in [7, 11) is 4.92. The van der Waals surface area contributed by atoms with Crippen molar-refractivity contribution in [3.63, 3.8) is 0 Å². The first kappa shape index (κ1) is 42.7. The molecule has 4 bridgehead atoms. The molecular weight excluding hydrogens is 763 g/mol. The van der Waals surface area contributed by atoms with E-state index >= 15 is 4.79 Å². The first-order chi connectivity index (χ1) is 28.8. The maximum absolute atomic E-state index is 15.1. The van der Waals surface area contributed by atoms with Crippen LogP contribution in [-0.4, -0.2) is 144 Å². The zero-order chi connectivity index (χ0) is 42.6. The van der Waals surface area contributed by atoms with Crippen LogP contribution in [0.25, 0.3) is 10.9 Å². The van der Waals surface area contributed by atoms with Crippen molar-refractivity contribution in [1.82, 2.24) is 20.1 Å². The number of aliphatic hydroxyl groups is 4. The summed E-state index contributed by atoms with van der Waals surface area (Å²) in [5.41, 5.74) is -0.272. The number of carbonyl (C=O) groups excluding carboxylic acids is 2. The fourth-order valence-corrected chi connectivity index (χ4v) is 12.3. The Morgan fingerprint density at radius 2 is 1.83 bits per heavy atom. The van der Waals surface area contributed by atoms with E-state index in [1.165, 1.54) is 7.11 Å². The first-order valence-corrected chi connectivity index (χ1v) is 22.1. The van der Waals surface area contributed by atoms with Crippen molar-refractivity contribution in [1.29, 1.82) is 0 Å². The van der Waals surface area contributed by atoms with Gasteiger partial charge in [0.25, 0.3) is 5.91 Å². The van der Waals surface area contributed by atoms with E-state index in [1.54, 1.807) is 7.11 Å². The lowest BCUT2D eigenvalue weighted by atomic mass is 9.57. The maximum atomic E-state index is 15.1. The van der Waals surface area contributed by atoms with Gasteiger partial charge >= 0.3 is 5.97 Å². The van der Waals surface area contributed by atoms with Crippen molar-refractivity contribution in [3.05, 3.63) is 70.9 Å². The number of aliphatic hydroxyl groups excluding tert-OH is 2. The van der Waals surface area contributed by atoms with E-state index in [9.17, 15) is 25.2 Å². The number of aromatic amines is 1. The second kappa shape index (κ2) is 16.4. The molecule has 3 unspecified atom stereocenters. The Hall–Kier alpha value is -3.98. The van der Waals surface area contributed by atoms with Gasteiger partial charge in [0.05, 0.1) is 25.9 Å². The number of nitrogens with zero attached hydrogens (tertiary/aromatic N) is 3. The van der Waals surface area contributed by atoms with Crippen LogP contribution in [0.1, 0.15) is 81.2 Å². The van der Waals surface area contributed by atoms with Gasteiger partial charge in [-0.15, -0.1) is 0 Å². The molecule has 0 radical (unpaired) electrons. The van der Waals surface area contributed by atoms with Crippen LogP contribution in [-0.2, 0) is 32.6 Å². The first-order valence-electron chi connectivity index (χ1n) is 22.1. The predicted molar refractivity (Wildman–Crippen MR) is 230 cm³/mol. The van der Waals surface area contributed by atoms with Crippen LogP contribution in [0.4, 0.5) is 5.69 Å². The highest BCUT2D eigenvalue weighted by Crippen LogP contribution is 2.54. The number of hydrogen-bond donors (Lipinski definition) is 6. The summed E-state index contributed by atoms with van der Waals surface area (Å²) >= 11 is 0. The second-order valence-corrected chi connectivity index (χ2v) is 18.3. The lowest BCUT2D eigenvalue weighted by Gasteiger charge is -2.61. The van der Waals surface area contributed by atoms with Gasteiger partial charge in [0.15, 0.2) is 5.60 Å². The third kappa shape index (κ3) is 6.66. The van der Waals surface area contributed by atoms with Crippen LogP contribution in [0, 0.1) is 11.3 Å². The third-order valence-corrected chi connectivity index (χ3v) is 15.3. The molecule has 1 aliphatic carbocycles. The number of benzene rings is 2. The number of esters is 1. The Kier molecular flexibility index (Phi) is 11.7. The number of piperidine rings is 1. The van der Waals surface area contributed by atoms with Crippen LogP contribution in [0.2, 0.25) is 0 Å². The molecule has 5 heterocycles. The summed E-state index contributed by atoms with van der Waals surface area (Å²) in [6.45, 7) is 7.51. The molecule has 13 nitrogen and oxygen atoms in total. The third-order valence-electron chi connectivity index (χ3n) is 15.3. The van der Waals surface area contributed by atoms with E-state index in [-0.39, 0.29) is 25.1 Å². The topological polar surface area (TPSA) is 171 Å². The lowest BCUT2D eigenvalue weighted by molar-refractivity contribution is -0.195. The Morgan fingerprint density at radius 3 is 2.57 bits per heavy atom. The highest BCUT2D eigenvalue weighted by atomic mass is 16.5. The zero-order valence-electron chi connectivity index (χ0n) is 36.0. The molecule has 13 heteroatoms. The van der Waals surface area contributed by atoms with Gasteiger partial charge in [0.1, 0.15) is 17.3 Å². The fourth-order valence-electron chi connectivity index (χ4n) is 12.3. The number of ether oxygens (including phenoxy) is 2. The number of H-pyrrole nitrogens is 1. The molecule has 1 saturated heterocycles. The van der Waals surface area contributed by atoms with Crippen molar-refractivity contribution in [3.8, 4) is 5.75 Å². The van der Waals surface area contributed by atoms with Crippen molar-refractivity contribution < 1.29 is 39.5 Å². The van der Waals surface area contributed by atoms with E-state index in [0.717, 1.165) is 59.5 Å². The number of rotatable bonds is 9. The molecule has 60 heavy (non-hydrogen) atoms. The Labute approximate surface area is 353 Å². The largest absolute Gasteiger partial charge is 0.496 e. The molecule has 1 aromatic heterocycles. The summed E-state index contributed by atoms with van der Waals surface area (Å²) < 4.78 is 12.3. The highest BCUT2D eigenvalue weighted by molar-refractivity contribution is 5.94. The van der Waals surface area contributed by atoms with Crippen LogP contribution in [0.5, 0.6) is 5.75 Å². The normalized spacial score (nSPS) is 34.1. The van der Waals surface area contributed by atoms with Gasteiger partial charge in [-0.2, -0.15) is 0 Å². The molecule has 8 rings (SSSR count). The summed E-state index contributed by atoms with van der Waals surface area (Å²) in [4.78, 5) is 39.9. The van der Waals surface area contributed by atoms with E-state index in [1.807, 2.05) is 56.1 Å². The summed E-state index contributed by atoms with van der Waals surface area (Å²) in [6.07, 6.45) is 7.47. The molecule has 3 aromatic rings. The molecule has 326 valence electrons. The molecule has 2 aromatic carbocycles. The standard InChI is InChI=1S/C47H65N5O8/c1-6-44(57)26-30-27-46(43(56)60-5,40-33(16-21-51(28-30)29-44)32-14-8-9-15-35(32)49-40)34-23-31-13-10-19-52-20-11-17-45(7-2)38(52)25-39(50(3)36(31)24-37(34)59-4)47(58,41(45)54)42(55)48-18-12-22-53/h8-9,11,14-15,17,23-24,30,38-39,41,49,53-54,57-58H,6-7,10,12-13,16,18-22,25-29H2,1-5H3,(H,48,55)/t30-,38?,39?,41-,44?,45-,46+,47+/m1/s1. The van der Waals surface area contributed by atoms with Gasteiger partial charge in [0, 0.05) is 91.7 Å². The van der Waals surface area contributed by atoms with Gasteiger partial charge < -0.3 is 45.1 Å². The number of aryl methyl sites for hydroxylation is 1. The average Bonchev–Trinajstić information content (AvgIpc) is 3.65. The number of anilines is 1. The summed E-state index contributed by atoms with van der Waals surface area (Å²) in [6, 6.07) is 11.2. The van der Waals surface area contributed by atoms with Crippen LogP contribution in [0.15, 0.2) is 48.6 Å². The minimum Gasteiger partial charge on any atom is -0.496 e. The number of fused-ring (bicyclic) bond motifs is 7. The monoisotopic (exact) mass is 827 g/mol. The van der Waals surface area contributed by atoms with E-state index in [2.05, 4.69) is 38.3 Å². The molecular formula is C47H65N5O8. The van der Waals surface area contributed by atoms with Crippen LogP contribution < -0.4 is 15.0 Å². The van der Waals surface area contributed by atoms with Crippen molar-refractivity contribution in [2.24, 2.45) is 11.3 Å². The fraction of sp³-hybridized carbons (Fsp3) is 0.617. The van der Waals surface area contributed by atoms with E-state index in [4.69, 9.17) is 9.47 Å². The minimum atomic E-state index is -2.22. The Balaban J connectivity index is 1.34. The predicted octanol–water partition coefficient (Wildman–Crippen LogP) is 3.43. The number of para-hydroxylation sites is 1. The van der Waals surface area contributed by atoms with Gasteiger partial charge in [0.2, 0.25) is 0 Å². The molecule has 9 atom stereocenters. The number of nitrogens with one attached hydrogen (secondary N) is 2. The van der Waals surface area contributed by atoms with Crippen molar-refractivity contribution in [2.45, 2.75) is 106 Å². The number of amides is 1. The van der Waals surface area contributed by atoms with Gasteiger partial charge in [-0.25, -0.2) is 0 Å². The summed E-state index contributed by atoms with van der Waals surface area (Å²) in [5, 5.41) is 50.7. The number of carbonyl (C=O) groups is 2. The van der Waals surface area contributed by atoms with Crippen LogP contribution >= 0.6 is 0 Å². The smallest absolute Gasteiger partial charge is 0.322 e. The molecule has 1 saturated carbocycles. The molecule has 1 amide bonds. The molecule has 0 spiro atoms. The highest BCUT2D eigenvalue weighted by Gasteiger charge is 2.66. The average molecular weight is 828 g/mol. The van der Waals surface area contributed by atoms with Gasteiger partial charge in [-0.05, 0) is 93.5 Å². The molecule has 4 aliphatic heterocycles. The van der Waals surface area contributed by atoms with E-state index < -0.39 is 46.1 Å². The maximum Gasteiger partial charge on any atom is 0.322 e. The Morgan fingerprint density at radius 1 is 1.03 bits per heavy atom. The van der Waals surface area contributed by atoms with Gasteiger partial charge in [-0.3, -0.25) is 19.4 Å². The minimum absolute atomic E-state index is 0.0627. The quantitative estimate of drug-likeness (QED) is 0.106. The number of aromatic nitrogens is 1. The molecule has 2 fully saturated rings.